The molecule has 1 unspecified atom stereocenters. The van der Waals surface area contributed by atoms with E-state index in [9.17, 15) is 4.79 Å². The van der Waals surface area contributed by atoms with E-state index in [0.29, 0.717) is 0 Å². The normalized spacial score (nSPS) is 22.7. The quantitative estimate of drug-likeness (QED) is 0.503. The van der Waals surface area contributed by atoms with E-state index >= 15 is 0 Å². The van der Waals surface area contributed by atoms with E-state index in [1.165, 1.54) is 23.6 Å². The van der Waals surface area contributed by atoms with Crippen LogP contribution >= 0.6 is 0 Å². The molecule has 0 spiro atoms. The minimum absolute atomic E-state index is 0.0649. The Morgan fingerprint density at radius 2 is 1.70 bits per heavy atom. The van der Waals surface area contributed by atoms with Crippen molar-refractivity contribution in [2.24, 2.45) is 0 Å². The maximum absolute atomic E-state index is 12.2. The summed E-state index contributed by atoms with van der Waals surface area (Å²) in [6.45, 7) is 3.51. The maximum atomic E-state index is 12.2. The second kappa shape index (κ2) is 7.26. The van der Waals surface area contributed by atoms with Gasteiger partial charge in [-0.25, -0.2) is 0 Å². The molecule has 2 aliphatic rings. The lowest BCUT2D eigenvalue weighted by Gasteiger charge is -2.38. The molecule has 5 rings (SSSR count). The van der Waals surface area contributed by atoms with Crippen molar-refractivity contribution in [1.29, 1.82) is 0 Å². The van der Waals surface area contributed by atoms with Gasteiger partial charge in [-0.3, -0.25) is 4.79 Å². The van der Waals surface area contributed by atoms with Gasteiger partial charge in [-0.1, -0.05) is 84.4 Å². The lowest BCUT2D eigenvalue weighted by molar-refractivity contribution is -0.172. The third kappa shape index (κ3) is 3.06. The molecule has 2 bridgehead atoms. The Bertz CT molecular complexity index is 1110. The van der Waals surface area contributed by atoms with Crippen LogP contribution in [-0.2, 0) is 19.9 Å². The summed E-state index contributed by atoms with van der Waals surface area (Å²) in [5, 5.41) is 0. The monoisotopic (exact) mass is 396 g/mol. The number of aryl methyl sites for hydroxylation is 1. The average Bonchev–Trinajstić information content (AvgIpc) is 3.01. The Labute approximate surface area is 177 Å². The molecule has 0 fully saturated rings. The summed E-state index contributed by atoms with van der Waals surface area (Å²) in [7, 11) is 0. The van der Waals surface area contributed by atoms with Crippen LogP contribution in [0.15, 0.2) is 84.9 Å². The molecule has 0 amide bonds. The molecule has 30 heavy (non-hydrogen) atoms. The highest BCUT2D eigenvalue weighted by molar-refractivity contribution is 5.72. The Kier molecular flexibility index (Phi) is 4.56. The van der Waals surface area contributed by atoms with Crippen molar-refractivity contribution in [1.82, 2.24) is 0 Å². The lowest BCUT2D eigenvalue weighted by atomic mass is 9.82. The predicted molar refractivity (Wildman–Crippen MR) is 117 cm³/mol. The molecule has 0 saturated carbocycles. The van der Waals surface area contributed by atoms with Crippen molar-refractivity contribution < 1.29 is 14.3 Å². The Morgan fingerprint density at radius 3 is 2.43 bits per heavy atom. The molecule has 3 atom stereocenters. The summed E-state index contributed by atoms with van der Waals surface area (Å²) >= 11 is 0. The van der Waals surface area contributed by atoms with Crippen LogP contribution in [0, 0.1) is 6.92 Å². The summed E-state index contributed by atoms with van der Waals surface area (Å²) < 4.78 is 12.7. The minimum atomic E-state index is -0.856. The van der Waals surface area contributed by atoms with Gasteiger partial charge < -0.3 is 9.47 Å². The minimum Gasteiger partial charge on any atom is -0.454 e. The zero-order chi connectivity index (χ0) is 20.7. The number of carbonyl (C=O) groups is 1. The number of rotatable bonds is 4. The van der Waals surface area contributed by atoms with Gasteiger partial charge in [0.2, 0.25) is 0 Å². The molecule has 150 valence electrons. The van der Waals surface area contributed by atoms with E-state index in [-0.39, 0.29) is 12.1 Å². The maximum Gasteiger partial charge on any atom is 0.303 e. The Balaban J connectivity index is 1.73. The zero-order valence-electron chi connectivity index (χ0n) is 17.2. The van der Waals surface area contributed by atoms with Crippen LogP contribution < -0.4 is 0 Å². The molecule has 3 nitrogen and oxygen atoms in total. The summed E-state index contributed by atoms with van der Waals surface area (Å²) in [5.41, 5.74) is 5.87. The van der Waals surface area contributed by atoms with Crippen molar-refractivity contribution in [2.45, 2.75) is 38.1 Å². The molecular weight excluding hydrogens is 372 g/mol. The van der Waals surface area contributed by atoms with Gasteiger partial charge in [0.05, 0.1) is 6.10 Å². The first-order valence-electron chi connectivity index (χ1n) is 10.3. The standard InChI is InChI=1S/C27H24O3/c1-18-12-14-21(15-13-18)26(29-19(2)28)27-17-22(20-8-4-3-5-9-20)16-25(30-27)23-10-6-7-11-24(23)27/h3-15,17,25-26H,16H2,1-2H3/t25-,26?,27+/m0/s1. The van der Waals surface area contributed by atoms with E-state index in [4.69, 9.17) is 9.47 Å². The van der Waals surface area contributed by atoms with Gasteiger partial charge in [-0.2, -0.15) is 0 Å². The smallest absolute Gasteiger partial charge is 0.303 e. The van der Waals surface area contributed by atoms with Gasteiger partial charge in [0.15, 0.2) is 11.7 Å². The fraction of sp³-hybridized carbons (Fsp3) is 0.222. The topological polar surface area (TPSA) is 35.5 Å². The van der Waals surface area contributed by atoms with E-state index in [2.05, 4.69) is 42.5 Å². The number of hydrogen-bond acceptors (Lipinski definition) is 3. The molecule has 3 heteroatoms. The van der Waals surface area contributed by atoms with Crippen molar-refractivity contribution >= 4 is 11.5 Å². The van der Waals surface area contributed by atoms with Crippen molar-refractivity contribution in [2.75, 3.05) is 0 Å². The zero-order valence-corrected chi connectivity index (χ0v) is 17.2. The molecular formula is C27H24O3. The molecule has 0 radical (unpaired) electrons. The molecule has 2 heterocycles. The number of benzene rings is 3. The van der Waals surface area contributed by atoms with Crippen LogP contribution in [-0.4, -0.2) is 5.97 Å². The molecule has 0 N–H and O–H groups in total. The van der Waals surface area contributed by atoms with Crippen LogP contribution in [0.25, 0.3) is 5.57 Å². The summed E-state index contributed by atoms with van der Waals surface area (Å²) in [5.74, 6) is -0.320. The molecule has 0 aliphatic carbocycles. The summed E-state index contributed by atoms with van der Waals surface area (Å²) in [6, 6.07) is 26.8. The Morgan fingerprint density at radius 1 is 1.00 bits per heavy atom. The second-order valence-electron chi connectivity index (χ2n) is 8.13. The van der Waals surface area contributed by atoms with E-state index in [0.717, 1.165) is 23.1 Å². The van der Waals surface area contributed by atoms with Gasteiger partial charge in [-0.15, -0.1) is 0 Å². The summed E-state index contributed by atoms with van der Waals surface area (Å²) in [4.78, 5) is 12.2. The average molecular weight is 396 g/mol. The van der Waals surface area contributed by atoms with Crippen LogP contribution in [0.4, 0.5) is 0 Å². The number of hydrogen-bond donors (Lipinski definition) is 0. The highest BCUT2D eigenvalue weighted by Gasteiger charge is 2.53. The van der Waals surface area contributed by atoms with E-state index < -0.39 is 11.7 Å². The first-order valence-corrected chi connectivity index (χ1v) is 10.3. The third-order valence-electron chi connectivity index (χ3n) is 6.06. The highest BCUT2D eigenvalue weighted by Crippen LogP contribution is 2.58. The third-order valence-corrected chi connectivity index (χ3v) is 6.06. The van der Waals surface area contributed by atoms with Crippen LogP contribution in [0.1, 0.15) is 53.4 Å². The fourth-order valence-electron chi connectivity index (χ4n) is 4.72. The first-order chi connectivity index (χ1) is 14.6. The SMILES string of the molecule is CC(=O)OC(c1ccc(C)cc1)[C@]12C=C(c3ccccc3)C[C@H](O1)c1ccccc12. The first kappa shape index (κ1) is 18.8. The van der Waals surface area contributed by atoms with Crippen molar-refractivity contribution in [3.63, 3.8) is 0 Å². The van der Waals surface area contributed by atoms with Crippen molar-refractivity contribution in [3.8, 4) is 0 Å². The Hall–Kier alpha value is -3.17. The highest BCUT2D eigenvalue weighted by atomic mass is 16.6. The number of esters is 1. The van der Waals surface area contributed by atoms with Gasteiger partial charge in [0.25, 0.3) is 0 Å². The predicted octanol–water partition coefficient (Wildman–Crippen LogP) is 6.05. The number of fused-ring (bicyclic) bond motifs is 5. The number of carbonyl (C=O) groups excluding carboxylic acids is 1. The van der Waals surface area contributed by atoms with E-state index in [1.807, 2.05) is 49.4 Å². The summed E-state index contributed by atoms with van der Waals surface area (Å²) in [6.07, 6.45) is 2.34. The molecule has 0 aromatic heterocycles. The number of ether oxygens (including phenoxy) is 2. The van der Waals surface area contributed by atoms with Gasteiger partial charge in [0.1, 0.15) is 0 Å². The van der Waals surface area contributed by atoms with E-state index in [1.54, 1.807) is 0 Å². The van der Waals surface area contributed by atoms with Crippen LogP contribution in [0.5, 0.6) is 0 Å². The van der Waals surface area contributed by atoms with Gasteiger partial charge in [-0.05, 0) is 40.8 Å². The van der Waals surface area contributed by atoms with Crippen LogP contribution in [0.3, 0.4) is 0 Å². The van der Waals surface area contributed by atoms with Crippen LogP contribution in [0.2, 0.25) is 0 Å². The molecule has 0 saturated heterocycles. The largest absolute Gasteiger partial charge is 0.454 e. The van der Waals surface area contributed by atoms with Gasteiger partial charge >= 0.3 is 5.97 Å². The second-order valence-corrected chi connectivity index (χ2v) is 8.13. The van der Waals surface area contributed by atoms with Gasteiger partial charge in [0, 0.05) is 13.3 Å². The molecule has 3 aromatic rings. The van der Waals surface area contributed by atoms with Crippen molar-refractivity contribution in [3.05, 3.63) is 113 Å². The fourth-order valence-corrected chi connectivity index (χ4v) is 4.72. The molecule has 2 aliphatic heterocycles. The lowest BCUT2D eigenvalue weighted by Crippen LogP contribution is -2.36. The molecule has 3 aromatic carbocycles.